The van der Waals surface area contributed by atoms with E-state index in [4.69, 9.17) is 0 Å². The van der Waals surface area contributed by atoms with Crippen molar-refractivity contribution in [1.82, 2.24) is 19.4 Å². The molecule has 0 fully saturated rings. The Balaban J connectivity index is 1.46. The van der Waals surface area contributed by atoms with Crippen LogP contribution in [-0.2, 0) is 13.6 Å². The predicted molar refractivity (Wildman–Crippen MR) is 121 cm³/mol. The third-order valence-electron chi connectivity index (χ3n) is 5.56. The van der Waals surface area contributed by atoms with Gasteiger partial charge in [0, 0.05) is 68.1 Å². The van der Waals surface area contributed by atoms with Crippen LogP contribution in [0.2, 0.25) is 0 Å². The van der Waals surface area contributed by atoms with E-state index in [0.29, 0.717) is 0 Å². The number of fused-ring (bicyclic) bond motifs is 1. The monoisotopic (exact) mass is 452 g/mol. The van der Waals surface area contributed by atoms with Crippen molar-refractivity contribution in [2.45, 2.75) is 13.0 Å². The smallest absolute Gasteiger partial charge is 0.253 e. The summed E-state index contributed by atoms with van der Waals surface area (Å²) in [7, 11) is 5.64. The van der Waals surface area contributed by atoms with Crippen molar-refractivity contribution in [2.24, 2.45) is 7.05 Å². The van der Waals surface area contributed by atoms with E-state index >= 15 is 0 Å². The number of rotatable bonds is 4. The van der Waals surface area contributed by atoms with Gasteiger partial charge in [-0.15, -0.1) is 0 Å². The first-order chi connectivity index (χ1) is 13.9. The van der Waals surface area contributed by atoms with Crippen molar-refractivity contribution in [3.05, 3.63) is 70.0 Å². The number of hydrogen-bond acceptors (Lipinski definition) is 3. The molecule has 1 aromatic carbocycles. The van der Waals surface area contributed by atoms with Crippen LogP contribution in [0.5, 0.6) is 0 Å². The van der Waals surface area contributed by atoms with Crippen LogP contribution in [0.1, 0.15) is 28.0 Å². The molecule has 150 valence electrons. The summed E-state index contributed by atoms with van der Waals surface area (Å²) in [6.07, 6.45) is 5.15. The van der Waals surface area contributed by atoms with Crippen LogP contribution >= 0.6 is 15.9 Å². The van der Waals surface area contributed by atoms with Gasteiger partial charge in [-0.1, -0.05) is 18.2 Å². The van der Waals surface area contributed by atoms with Crippen LogP contribution in [0, 0.1) is 0 Å². The highest BCUT2D eigenvalue weighted by atomic mass is 79.9. The standard InChI is InChI=1S/C23H25BrN4O/c1-26(2)23(29)18-6-4-16(5-7-18)17-9-12-28(13-10-17)15-19-14-20-21(24)8-11-25-22(20)27(19)3/h4-9,11,14H,10,12-13,15H2,1-3H3. The lowest BCUT2D eigenvalue weighted by Gasteiger charge is -2.26. The zero-order valence-corrected chi connectivity index (χ0v) is 18.6. The predicted octanol–water partition coefficient (Wildman–Crippen LogP) is 4.33. The average Bonchev–Trinajstić information content (AvgIpc) is 3.05. The molecule has 4 rings (SSSR count). The maximum atomic E-state index is 12.1. The van der Waals surface area contributed by atoms with Gasteiger partial charge in [0.1, 0.15) is 5.65 Å². The van der Waals surface area contributed by atoms with E-state index in [9.17, 15) is 4.79 Å². The molecule has 0 unspecified atom stereocenters. The Kier molecular flexibility index (Phi) is 5.56. The van der Waals surface area contributed by atoms with Crippen LogP contribution in [0.25, 0.3) is 16.6 Å². The third kappa shape index (κ3) is 4.00. The van der Waals surface area contributed by atoms with E-state index < -0.39 is 0 Å². The minimum Gasteiger partial charge on any atom is -0.345 e. The molecule has 1 aliphatic heterocycles. The number of pyridine rings is 1. The number of aromatic nitrogens is 2. The summed E-state index contributed by atoms with van der Waals surface area (Å²) < 4.78 is 3.26. The molecule has 1 aliphatic rings. The van der Waals surface area contributed by atoms with Gasteiger partial charge in [0.25, 0.3) is 5.91 Å². The number of carbonyl (C=O) groups excluding carboxylic acids is 1. The molecule has 5 nitrogen and oxygen atoms in total. The van der Waals surface area contributed by atoms with Crippen molar-refractivity contribution in [3.8, 4) is 0 Å². The highest BCUT2D eigenvalue weighted by Crippen LogP contribution is 2.27. The van der Waals surface area contributed by atoms with Crippen molar-refractivity contribution in [3.63, 3.8) is 0 Å². The van der Waals surface area contributed by atoms with Gasteiger partial charge in [-0.25, -0.2) is 4.98 Å². The molecular formula is C23H25BrN4O. The SMILES string of the molecule is CN(C)C(=O)c1ccc(C2=CCN(Cc3cc4c(Br)ccnc4n3C)CC2)cc1. The van der Waals surface area contributed by atoms with Crippen LogP contribution in [-0.4, -0.2) is 52.4 Å². The van der Waals surface area contributed by atoms with Gasteiger partial charge >= 0.3 is 0 Å². The Morgan fingerprint density at radius 2 is 1.97 bits per heavy atom. The first-order valence-electron chi connectivity index (χ1n) is 9.76. The lowest BCUT2D eigenvalue weighted by molar-refractivity contribution is 0.0827. The highest BCUT2D eigenvalue weighted by molar-refractivity contribution is 9.10. The summed E-state index contributed by atoms with van der Waals surface area (Å²) in [5.41, 5.74) is 5.56. The maximum Gasteiger partial charge on any atom is 0.253 e. The van der Waals surface area contributed by atoms with E-state index in [2.05, 4.69) is 61.7 Å². The van der Waals surface area contributed by atoms with Crippen molar-refractivity contribution in [1.29, 1.82) is 0 Å². The van der Waals surface area contributed by atoms with Crippen LogP contribution in [0.15, 0.2) is 53.1 Å². The molecule has 0 aliphatic carbocycles. The number of amides is 1. The fourth-order valence-electron chi connectivity index (χ4n) is 3.82. The first kappa shape index (κ1) is 19.9. The number of nitrogens with zero attached hydrogens (tertiary/aromatic N) is 4. The molecule has 2 aromatic heterocycles. The lowest BCUT2D eigenvalue weighted by Crippen LogP contribution is -2.28. The Morgan fingerprint density at radius 1 is 1.21 bits per heavy atom. The van der Waals surface area contributed by atoms with E-state index in [1.54, 1.807) is 19.0 Å². The summed E-state index contributed by atoms with van der Waals surface area (Å²) in [4.78, 5) is 20.6. The fraction of sp³-hybridized carbons (Fsp3) is 0.304. The zero-order chi connectivity index (χ0) is 20.5. The van der Waals surface area contributed by atoms with Gasteiger partial charge < -0.3 is 9.47 Å². The fourth-order valence-corrected chi connectivity index (χ4v) is 4.23. The normalized spacial score (nSPS) is 14.8. The minimum absolute atomic E-state index is 0.0384. The summed E-state index contributed by atoms with van der Waals surface area (Å²) in [6, 6.07) is 12.2. The topological polar surface area (TPSA) is 41.4 Å². The lowest BCUT2D eigenvalue weighted by atomic mass is 9.98. The molecule has 0 spiro atoms. The molecule has 29 heavy (non-hydrogen) atoms. The summed E-state index contributed by atoms with van der Waals surface area (Å²) in [5.74, 6) is 0.0384. The Bertz CT molecular complexity index is 1080. The number of benzene rings is 1. The van der Waals surface area contributed by atoms with Gasteiger partial charge in [-0.05, 0) is 57.8 Å². The number of carbonyl (C=O) groups is 1. The van der Waals surface area contributed by atoms with E-state index in [1.165, 1.54) is 16.8 Å². The molecule has 0 saturated carbocycles. The van der Waals surface area contributed by atoms with E-state index in [-0.39, 0.29) is 5.91 Å². The minimum atomic E-state index is 0.0384. The van der Waals surface area contributed by atoms with Crippen molar-refractivity contribution < 1.29 is 4.79 Å². The van der Waals surface area contributed by atoms with E-state index in [1.807, 2.05) is 24.4 Å². The quantitative estimate of drug-likeness (QED) is 0.591. The molecule has 1 amide bonds. The molecule has 0 atom stereocenters. The maximum absolute atomic E-state index is 12.1. The largest absolute Gasteiger partial charge is 0.345 e. The van der Waals surface area contributed by atoms with Gasteiger partial charge in [-0.3, -0.25) is 9.69 Å². The Morgan fingerprint density at radius 3 is 2.59 bits per heavy atom. The summed E-state index contributed by atoms with van der Waals surface area (Å²) in [5, 5.41) is 1.16. The third-order valence-corrected chi connectivity index (χ3v) is 6.25. The van der Waals surface area contributed by atoms with Gasteiger partial charge in [-0.2, -0.15) is 0 Å². The zero-order valence-electron chi connectivity index (χ0n) is 17.0. The summed E-state index contributed by atoms with van der Waals surface area (Å²) >= 11 is 3.62. The first-order valence-corrected chi connectivity index (χ1v) is 10.6. The van der Waals surface area contributed by atoms with E-state index in [0.717, 1.165) is 47.1 Å². The Hall–Kier alpha value is -2.44. The Labute approximate surface area is 179 Å². The van der Waals surface area contributed by atoms with Crippen LogP contribution < -0.4 is 0 Å². The van der Waals surface area contributed by atoms with Gasteiger partial charge in [0.15, 0.2) is 0 Å². The second kappa shape index (κ2) is 8.13. The molecule has 3 heterocycles. The molecule has 0 saturated heterocycles. The molecule has 0 radical (unpaired) electrons. The van der Waals surface area contributed by atoms with Gasteiger partial charge in [0.05, 0.1) is 0 Å². The molecule has 3 aromatic rings. The molecule has 0 bridgehead atoms. The summed E-state index contributed by atoms with van der Waals surface area (Å²) in [6.45, 7) is 2.84. The molecule has 0 N–H and O–H groups in total. The van der Waals surface area contributed by atoms with Gasteiger partial charge in [0.2, 0.25) is 0 Å². The molecular weight excluding hydrogens is 428 g/mol. The van der Waals surface area contributed by atoms with Crippen LogP contribution in [0.3, 0.4) is 0 Å². The average molecular weight is 453 g/mol. The number of hydrogen-bond donors (Lipinski definition) is 0. The second-order valence-electron chi connectivity index (χ2n) is 7.72. The number of halogens is 1. The van der Waals surface area contributed by atoms with Crippen molar-refractivity contribution in [2.75, 3.05) is 27.2 Å². The second-order valence-corrected chi connectivity index (χ2v) is 8.57. The molecule has 6 heteroatoms. The van der Waals surface area contributed by atoms with Crippen LogP contribution in [0.4, 0.5) is 0 Å². The number of aryl methyl sites for hydroxylation is 1. The highest BCUT2D eigenvalue weighted by Gasteiger charge is 2.17. The van der Waals surface area contributed by atoms with Crippen molar-refractivity contribution >= 4 is 38.4 Å².